The Morgan fingerprint density at radius 2 is 2.07 bits per heavy atom. The molecule has 29 heavy (non-hydrogen) atoms. The van der Waals surface area contributed by atoms with E-state index in [2.05, 4.69) is 15.5 Å². The predicted molar refractivity (Wildman–Crippen MR) is 114 cm³/mol. The SMILES string of the molecule is CCOc1ccccc1NC(=O)CSc1nnc(-c2cccs2)n1CCC(N)=O. The number of nitrogens with two attached hydrogens (primary N) is 1. The second-order valence-corrected chi connectivity index (χ2v) is 7.81. The van der Waals surface area contributed by atoms with Gasteiger partial charge in [0, 0.05) is 13.0 Å². The molecule has 152 valence electrons. The molecule has 10 heteroatoms. The van der Waals surface area contributed by atoms with Gasteiger partial charge in [0.2, 0.25) is 11.8 Å². The summed E-state index contributed by atoms with van der Waals surface area (Å²) in [6.45, 7) is 2.75. The first-order valence-electron chi connectivity index (χ1n) is 8.98. The summed E-state index contributed by atoms with van der Waals surface area (Å²) in [5, 5.41) is 13.8. The Balaban J connectivity index is 1.70. The van der Waals surface area contributed by atoms with E-state index in [9.17, 15) is 9.59 Å². The number of carbonyl (C=O) groups is 2. The van der Waals surface area contributed by atoms with E-state index >= 15 is 0 Å². The molecule has 0 aliphatic rings. The third kappa shape index (κ3) is 5.58. The molecular weight excluding hydrogens is 410 g/mol. The molecule has 0 radical (unpaired) electrons. The van der Waals surface area contributed by atoms with Crippen molar-refractivity contribution in [2.45, 2.75) is 25.0 Å². The summed E-state index contributed by atoms with van der Waals surface area (Å²) >= 11 is 2.78. The van der Waals surface area contributed by atoms with Crippen LogP contribution in [0.1, 0.15) is 13.3 Å². The van der Waals surface area contributed by atoms with Gasteiger partial charge in [0.1, 0.15) is 5.75 Å². The van der Waals surface area contributed by atoms with E-state index in [0.29, 0.717) is 35.6 Å². The Morgan fingerprint density at radius 1 is 1.24 bits per heavy atom. The molecule has 0 bridgehead atoms. The van der Waals surface area contributed by atoms with Crippen molar-refractivity contribution in [1.29, 1.82) is 0 Å². The molecule has 0 spiro atoms. The lowest BCUT2D eigenvalue weighted by Gasteiger charge is -2.11. The monoisotopic (exact) mass is 431 g/mol. The van der Waals surface area contributed by atoms with Crippen LogP contribution < -0.4 is 15.8 Å². The molecule has 0 saturated heterocycles. The molecule has 2 amide bonds. The standard InChI is InChI=1S/C19H21N5O3S2/c1-2-27-14-7-4-3-6-13(14)21-17(26)12-29-19-23-22-18(15-8-5-11-28-15)24(19)10-9-16(20)25/h3-8,11H,2,9-10,12H2,1H3,(H2,20,25)(H,21,26). The minimum absolute atomic E-state index is 0.138. The van der Waals surface area contributed by atoms with Crippen LogP contribution in [0.3, 0.4) is 0 Å². The van der Waals surface area contributed by atoms with E-state index in [-0.39, 0.29) is 18.1 Å². The van der Waals surface area contributed by atoms with Gasteiger partial charge in [-0.1, -0.05) is 30.0 Å². The molecule has 0 aliphatic carbocycles. The fraction of sp³-hybridized carbons (Fsp3) is 0.263. The van der Waals surface area contributed by atoms with Gasteiger partial charge in [-0.2, -0.15) is 0 Å². The van der Waals surface area contributed by atoms with Crippen LogP contribution in [-0.2, 0) is 16.1 Å². The Morgan fingerprint density at radius 3 is 2.79 bits per heavy atom. The van der Waals surface area contributed by atoms with Crippen LogP contribution in [0.25, 0.3) is 10.7 Å². The lowest BCUT2D eigenvalue weighted by Crippen LogP contribution is -2.17. The number of ether oxygens (including phenoxy) is 1. The van der Waals surface area contributed by atoms with Crippen LogP contribution in [-0.4, -0.2) is 38.9 Å². The maximum absolute atomic E-state index is 12.4. The van der Waals surface area contributed by atoms with Gasteiger partial charge in [-0.3, -0.25) is 9.59 Å². The van der Waals surface area contributed by atoms with E-state index in [1.165, 1.54) is 23.1 Å². The molecule has 0 unspecified atom stereocenters. The number of rotatable bonds is 10. The second kappa shape index (κ2) is 10.1. The minimum atomic E-state index is -0.406. The van der Waals surface area contributed by atoms with E-state index < -0.39 is 5.91 Å². The number of hydrogen-bond donors (Lipinski definition) is 2. The Hall–Kier alpha value is -2.85. The quantitative estimate of drug-likeness (QED) is 0.477. The third-order valence-electron chi connectivity index (χ3n) is 3.83. The van der Waals surface area contributed by atoms with Crippen LogP contribution in [0.5, 0.6) is 5.75 Å². The lowest BCUT2D eigenvalue weighted by molar-refractivity contribution is -0.118. The number of thiophene rings is 1. The van der Waals surface area contributed by atoms with E-state index in [1.807, 2.05) is 41.1 Å². The Kier molecular flexibility index (Phi) is 7.25. The predicted octanol–water partition coefficient (Wildman–Crippen LogP) is 3.01. The summed E-state index contributed by atoms with van der Waals surface area (Å²) in [4.78, 5) is 24.6. The van der Waals surface area contributed by atoms with Gasteiger partial charge in [0.25, 0.3) is 0 Å². The van der Waals surface area contributed by atoms with E-state index in [1.54, 1.807) is 12.1 Å². The van der Waals surface area contributed by atoms with Crippen molar-refractivity contribution in [2.24, 2.45) is 5.73 Å². The number of thioether (sulfide) groups is 1. The van der Waals surface area contributed by atoms with Crippen LogP contribution in [0.4, 0.5) is 5.69 Å². The van der Waals surface area contributed by atoms with Gasteiger partial charge in [-0.15, -0.1) is 21.5 Å². The number of amides is 2. The molecule has 3 rings (SSSR count). The molecule has 3 aromatic rings. The van der Waals surface area contributed by atoms with Gasteiger partial charge >= 0.3 is 0 Å². The average molecular weight is 432 g/mol. The highest BCUT2D eigenvalue weighted by Crippen LogP contribution is 2.28. The summed E-state index contributed by atoms with van der Waals surface area (Å²) in [5.74, 6) is 0.824. The molecule has 8 nitrogen and oxygen atoms in total. The van der Waals surface area contributed by atoms with Crippen molar-refractivity contribution in [2.75, 3.05) is 17.7 Å². The number of primary amides is 1. The third-order valence-corrected chi connectivity index (χ3v) is 5.67. The summed E-state index contributed by atoms with van der Waals surface area (Å²) < 4.78 is 7.35. The van der Waals surface area contributed by atoms with Crippen molar-refractivity contribution >= 4 is 40.6 Å². The summed E-state index contributed by atoms with van der Waals surface area (Å²) in [7, 11) is 0. The molecule has 2 heterocycles. The molecule has 0 aliphatic heterocycles. The van der Waals surface area contributed by atoms with Crippen molar-refractivity contribution < 1.29 is 14.3 Å². The maximum Gasteiger partial charge on any atom is 0.234 e. The number of nitrogens with one attached hydrogen (secondary N) is 1. The van der Waals surface area contributed by atoms with Crippen molar-refractivity contribution in [3.05, 3.63) is 41.8 Å². The van der Waals surface area contributed by atoms with Gasteiger partial charge in [0.05, 0.1) is 22.9 Å². The summed E-state index contributed by atoms with van der Waals surface area (Å²) in [5.41, 5.74) is 5.92. The number of aromatic nitrogens is 3. The van der Waals surface area contributed by atoms with Crippen molar-refractivity contribution in [3.63, 3.8) is 0 Å². The number of anilines is 1. The molecule has 0 atom stereocenters. The van der Waals surface area contributed by atoms with Crippen LogP contribution >= 0.6 is 23.1 Å². The number of hydrogen-bond acceptors (Lipinski definition) is 7. The summed E-state index contributed by atoms with van der Waals surface area (Å²) in [6, 6.07) is 11.1. The number of nitrogens with zero attached hydrogens (tertiary/aromatic N) is 3. The fourth-order valence-corrected chi connectivity index (χ4v) is 4.06. The first-order valence-corrected chi connectivity index (χ1v) is 10.8. The lowest BCUT2D eigenvalue weighted by atomic mass is 10.3. The van der Waals surface area contributed by atoms with Crippen molar-refractivity contribution in [1.82, 2.24) is 14.8 Å². The van der Waals surface area contributed by atoms with Gasteiger partial charge < -0.3 is 20.4 Å². The topological polar surface area (TPSA) is 112 Å². The summed E-state index contributed by atoms with van der Waals surface area (Å²) in [6.07, 6.45) is 0.165. The Bertz CT molecular complexity index is 972. The molecular formula is C19H21N5O3S2. The fourth-order valence-electron chi connectivity index (χ4n) is 2.57. The molecule has 3 N–H and O–H groups in total. The average Bonchev–Trinajstić information content (AvgIpc) is 3.36. The minimum Gasteiger partial charge on any atom is -0.492 e. The molecule has 2 aromatic heterocycles. The number of carbonyl (C=O) groups excluding carboxylic acids is 2. The van der Waals surface area contributed by atoms with Crippen LogP contribution in [0.15, 0.2) is 46.9 Å². The maximum atomic E-state index is 12.4. The van der Waals surface area contributed by atoms with Crippen LogP contribution in [0.2, 0.25) is 0 Å². The Labute approximate surface area is 176 Å². The van der Waals surface area contributed by atoms with E-state index in [0.717, 1.165) is 4.88 Å². The first-order chi connectivity index (χ1) is 14.1. The zero-order valence-corrected chi connectivity index (χ0v) is 17.5. The molecule has 0 saturated carbocycles. The molecule has 0 fully saturated rings. The zero-order chi connectivity index (χ0) is 20.6. The highest BCUT2D eigenvalue weighted by Gasteiger charge is 2.17. The highest BCUT2D eigenvalue weighted by molar-refractivity contribution is 7.99. The highest BCUT2D eigenvalue weighted by atomic mass is 32.2. The van der Waals surface area contributed by atoms with E-state index in [4.69, 9.17) is 10.5 Å². The van der Waals surface area contributed by atoms with Gasteiger partial charge in [0.15, 0.2) is 11.0 Å². The largest absolute Gasteiger partial charge is 0.492 e. The molecule has 1 aromatic carbocycles. The first kappa shape index (κ1) is 20.9. The van der Waals surface area contributed by atoms with Gasteiger partial charge in [-0.25, -0.2) is 0 Å². The van der Waals surface area contributed by atoms with Crippen LogP contribution in [0, 0.1) is 0 Å². The smallest absolute Gasteiger partial charge is 0.234 e. The van der Waals surface area contributed by atoms with Crippen molar-refractivity contribution in [3.8, 4) is 16.5 Å². The number of para-hydroxylation sites is 2. The zero-order valence-electron chi connectivity index (χ0n) is 15.8. The normalized spacial score (nSPS) is 10.7. The second-order valence-electron chi connectivity index (χ2n) is 5.92. The van der Waals surface area contributed by atoms with Gasteiger partial charge in [-0.05, 0) is 30.5 Å². The number of benzene rings is 1.